The first-order chi connectivity index (χ1) is 10.4. The van der Waals surface area contributed by atoms with Crippen LogP contribution in [0.25, 0.3) is 11.1 Å². The molecule has 2 nitrogen and oxygen atoms in total. The molecule has 0 aliphatic heterocycles. The first-order valence-corrected chi connectivity index (χ1v) is 6.97. The van der Waals surface area contributed by atoms with Gasteiger partial charge in [-0.25, -0.2) is 4.39 Å². The van der Waals surface area contributed by atoms with Crippen LogP contribution in [0.15, 0.2) is 30.6 Å². The average Bonchev–Trinajstić information content (AvgIpc) is 2.46. The van der Waals surface area contributed by atoms with Crippen LogP contribution in [-0.2, 0) is 12.6 Å². The van der Waals surface area contributed by atoms with Gasteiger partial charge in [-0.05, 0) is 42.5 Å². The molecule has 116 valence electrons. The van der Waals surface area contributed by atoms with E-state index in [-0.39, 0.29) is 11.6 Å². The van der Waals surface area contributed by atoms with Gasteiger partial charge in [0.05, 0.1) is 5.56 Å². The molecular formula is C16H14F4N2. The van der Waals surface area contributed by atoms with Crippen molar-refractivity contribution in [2.75, 3.05) is 0 Å². The molecule has 1 heterocycles. The van der Waals surface area contributed by atoms with Gasteiger partial charge in [0.25, 0.3) is 0 Å². The summed E-state index contributed by atoms with van der Waals surface area (Å²) >= 11 is 0. The Balaban J connectivity index is 2.11. The minimum atomic E-state index is -4.56. The van der Waals surface area contributed by atoms with E-state index in [1.165, 1.54) is 6.20 Å². The molecule has 0 fully saturated rings. The number of benzene rings is 1. The summed E-state index contributed by atoms with van der Waals surface area (Å²) in [7, 11) is 0. The van der Waals surface area contributed by atoms with Crippen molar-refractivity contribution in [2.45, 2.75) is 31.5 Å². The van der Waals surface area contributed by atoms with Gasteiger partial charge in [0, 0.05) is 29.6 Å². The summed E-state index contributed by atoms with van der Waals surface area (Å²) in [5, 5.41) is 0. The normalized spacial score (nSPS) is 18.1. The van der Waals surface area contributed by atoms with Crippen LogP contribution >= 0.6 is 0 Å². The van der Waals surface area contributed by atoms with E-state index in [0.717, 1.165) is 42.5 Å². The first kappa shape index (κ1) is 15.0. The smallest absolute Gasteiger partial charge is 0.324 e. The van der Waals surface area contributed by atoms with Crippen LogP contribution in [0.1, 0.15) is 35.6 Å². The molecule has 3 rings (SSSR count). The van der Waals surface area contributed by atoms with Gasteiger partial charge >= 0.3 is 6.18 Å². The van der Waals surface area contributed by atoms with Crippen molar-refractivity contribution in [1.82, 2.24) is 4.98 Å². The predicted molar refractivity (Wildman–Crippen MR) is 74.5 cm³/mol. The van der Waals surface area contributed by atoms with Crippen molar-refractivity contribution < 1.29 is 17.6 Å². The van der Waals surface area contributed by atoms with E-state index in [0.29, 0.717) is 11.6 Å². The Bertz CT molecular complexity index is 710. The summed E-state index contributed by atoms with van der Waals surface area (Å²) in [5.74, 6) is -0.899. The zero-order valence-corrected chi connectivity index (χ0v) is 11.6. The van der Waals surface area contributed by atoms with E-state index < -0.39 is 17.6 Å². The summed E-state index contributed by atoms with van der Waals surface area (Å²) in [6.07, 6.45) is 1.01. The second-order valence-electron chi connectivity index (χ2n) is 5.45. The van der Waals surface area contributed by atoms with Crippen molar-refractivity contribution >= 4 is 0 Å². The SMILES string of the molecule is NC1CCCc2c(-c3ccc(C(F)(F)F)cc3F)cncc21. The highest BCUT2D eigenvalue weighted by molar-refractivity contribution is 5.69. The Morgan fingerprint density at radius 2 is 1.91 bits per heavy atom. The molecule has 2 N–H and O–H groups in total. The Labute approximate surface area is 125 Å². The number of pyridine rings is 1. The maximum absolute atomic E-state index is 14.2. The summed E-state index contributed by atoms with van der Waals surface area (Å²) in [4.78, 5) is 4.07. The topological polar surface area (TPSA) is 38.9 Å². The molecule has 6 heteroatoms. The van der Waals surface area contributed by atoms with Crippen molar-refractivity contribution in [3.8, 4) is 11.1 Å². The molecule has 0 amide bonds. The van der Waals surface area contributed by atoms with Crippen molar-refractivity contribution in [1.29, 1.82) is 0 Å². The quantitative estimate of drug-likeness (QED) is 0.800. The molecule has 0 saturated carbocycles. The largest absolute Gasteiger partial charge is 0.416 e. The molecule has 2 aromatic rings. The lowest BCUT2D eigenvalue weighted by molar-refractivity contribution is -0.137. The van der Waals surface area contributed by atoms with Crippen molar-refractivity contribution in [3.05, 3.63) is 53.1 Å². The molecule has 22 heavy (non-hydrogen) atoms. The number of hydrogen-bond acceptors (Lipinski definition) is 2. The second kappa shape index (κ2) is 5.35. The van der Waals surface area contributed by atoms with Gasteiger partial charge in [0.2, 0.25) is 0 Å². The third-order valence-electron chi connectivity index (χ3n) is 4.02. The van der Waals surface area contributed by atoms with E-state index in [9.17, 15) is 17.6 Å². The third-order valence-corrected chi connectivity index (χ3v) is 4.02. The molecule has 0 radical (unpaired) electrons. The molecule has 1 atom stereocenters. The van der Waals surface area contributed by atoms with Gasteiger partial charge in [0.1, 0.15) is 5.82 Å². The predicted octanol–water partition coefficient (Wildman–Crippen LogP) is 4.24. The molecule has 1 unspecified atom stereocenters. The zero-order chi connectivity index (χ0) is 15.9. The highest BCUT2D eigenvalue weighted by Gasteiger charge is 2.31. The molecule has 1 aliphatic carbocycles. The summed E-state index contributed by atoms with van der Waals surface area (Å²) in [6.45, 7) is 0. The fourth-order valence-corrected chi connectivity index (χ4v) is 2.90. The maximum Gasteiger partial charge on any atom is 0.416 e. The van der Waals surface area contributed by atoms with E-state index in [2.05, 4.69) is 4.98 Å². The van der Waals surface area contributed by atoms with Crippen molar-refractivity contribution in [2.24, 2.45) is 5.73 Å². The summed E-state index contributed by atoms with van der Waals surface area (Å²) in [5.41, 5.74) is 7.42. The van der Waals surface area contributed by atoms with Gasteiger partial charge in [-0.3, -0.25) is 4.98 Å². The average molecular weight is 310 g/mol. The van der Waals surface area contributed by atoms with Gasteiger partial charge in [-0.1, -0.05) is 6.07 Å². The fraction of sp³-hybridized carbons (Fsp3) is 0.312. The number of rotatable bonds is 1. The number of hydrogen-bond donors (Lipinski definition) is 1. The van der Waals surface area contributed by atoms with Gasteiger partial charge in [-0.15, -0.1) is 0 Å². The highest BCUT2D eigenvalue weighted by atomic mass is 19.4. The monoisotopic (exact) mass is 310 g/mol. The lowest BCUT2D eigenvalue weighted by Gasteiger charge is -2.24. The fourth-order valence-electron chi connectivity index (χ4n) is 2.90. The summed E-state index contributed by atoms with van der Waals surface area (Å²) in [6, 6.07) is 2.42. The number of alkyl halides is 3. The van der Waals surface area contributed by atoms with Gasteiger partial charge in [-0.2, -0.15) is 13.2 Å². The maximum atomic E-state index is 14.2. The van der Waals surface area contributed by atoms with Crippen molar-refractivity contribution in [3.63, 3.8) is 0 Å². The molecule has 1 aromatic heterocycles. The van der Waals surface area contributed by atoms with Crippen LogP contribution in [-0.4, -0.2) is 4.98 Å². The van der Waals surface area contributed by atoms with Crippen LogP contribution in [0.4, 0.5) is 17.6 Å². The number of nitrogens with two attached hydrogens (primary N) is 1. The van der Waals surface area contributed by atoms with E-state index >= 15 is 0 Å². The zero-order valence-electron chi connectivity index (χ0n) is 11.6. The number of aromatic nitrogens is 1. The molecule has 0 bridgehead atoms. The van der Waals surface area contributed by atoms with Crippen LogP contribution in [0, 0.1) is 5.82 Å². The molecule has 1 aliphatic rings. The molecular weight excluding hydrogens is 296 g/mol. The molecule has 1 aromatic carbocycles. The van der Waals surface area contributed by atoms with Gasteiger partial charge < -0.3 is 5.73 Å². The Hall–Kier alpha value is -1.95. The van der Waals surface area contributed by atoms with Gasteiger partial charge in [0.15, 0.2) is 0 Å². The van der Waals surface area contributed by atoms with E-state index in [4.69, 9.17) is 5.73 Å². The first-order valence-electron chi connectivity index (χ1n) is 6.97. The molecule has 0 spiro atoms. The Morgan fingerprint density at radius 1 is 1.14 bits per heavy atom. The second-order valence-corrected chi connectivity index (χ2v) is 5.45. The standard InChI is InChI=1S/C16H14F4N2/c17-14-6-9(16(18,19)20)4-5-11(14)12-7-22-8-13-10(12)2-1-3-15(13)21/h4-8,15H,1-3,21H2. The van der Waals surface area contributed by atoms with Crippen LogP contribution in [0.3, 0.4) is 0 Å². The minimum absolute atomic E-state index is 0.131. The number of fused-ring (bicyclic) bond motifs is 1. The van der Waals surface area contributed by atoms with Crippen LogP contribution in [0.5, 0.6) is 0 Å². The third kappa shape index (κ3) is 2.59. The lowest BCUT2D eigenvalue weighted by Crippen LogP contribution is -2.18. The van der Waals surface area contributed by atoms with Crippen LogP contribution in [0.2, 0.25) is 0 Å². The number of halogens is 4. The summed E-state index contributed by atoms with van der Waals surface area (Å²) < 4.78 is 52.1. The van der Waals surface area contributed by atoms with Crippen LogP contribution < -0.4 is 5.73 Å². The van der Waals surface area contributed by atoms with E-state index in [1.54, 1.807) is 6.20 Å². The Kier molecular flexibility index (Phi) is 3.64. The minimum Gasteiger partial charge on any atom is -0.324 e. The molecule has 0 saturated heterocycles. The lowest BCUT2D eigenvalue weighted by atomic mass is 9.85. The number of nitrogens with zero attached hydrogens (tertiary/aromatic N) is 1. The highest BCUT2D eigenvalue weighted by Crippen LogP contribution is 2.37. The Morgan fingerprint density at radius 3 is 2.59 bits per heavy atom. The van der Waals surface area contributed by atoms with E-state index in [1.807, 2.05) is 0 Å².